The Labute approximate surface area is 197 Å². The van der Waals surface area contributed by atoms with Crippen LogP contribution in [0, 0.1) is 5.82 Å². The largest absolute Gasteiger partial charge is 0.493 e. The normalized spacial score (nSPS) is 14.8. The van der Waals surface area contributed by atoms with Crippen LogP contribution in [-0.4, -0.2) is 31.1 Å². The van der Waals surface area contributed by atoms with Gasteiger partial charge in [-0.05, 0) is 61.7 Å². The van der Waals surface area contributed by atoms with Crippen molar-refractivity contribution in [3.05, 3.63) is 64.4 Å². The van der Waals surface area contributed by atoms with Gasteiger partial charge in [0.2, 0.25) is 5.91 Å². The van der Waals surface area contributed by atoms with Crippen molar-refractivity contribution in [1.82, 2.24) is 5.32 Å². The summed E-state index contributed by atoms with van der Waals surface area (Å²) in [6.45, 7) is 2.09. The zero-order valence-corrected chi connectivity index (χ0v) is 19.4. The van der Waals surface area contributed by atoms with Crippen LogP contribution in [0.5, 0.6) is 11.5 Å². The summed E-state index contributed by atoms with van der Waals surface area (Å²) in [5, 5.41) is 3.24. The molecular formula is C25H27ClFNO5. The Bertz CT molecular complexity index is 1030. The molecule has 0 aliphatic heterocycles. The lowest BCUT2D eigenvalue weighted by molar-refractivity contribution is -0.152. The van der Waals surface area contributed by atoms with Crippen LogP contribution in [0.25, 0.3) is 6.08 Å². The minimum Gasteiger partial charge on any atom is -0.493 e. The van der Waals surface area contributed by atoms with E-state index in [0.717, 1.165) is 12.8 Å². The monoisotopic (exact) mass is 475 g/mol. The molecule has 0 heterocycles. The van der Waals surface area contributed by atoms with E-state index in [9.17, 15) is 14.0 Å². The van der Waals surface area contributed by atoms with Gasteiger partial charge in [0.25, 0.3) is 0 Å². The van der Waals surface area contributed by atoms with Gasteiger partial charge in [0.05, 0.1) is 13.7 Å². The predicted molar refractivity (Wildman–Crippen MR) is 124 cm³/mol. The van der Waals surface area contributed by atoms with E-state index in [1.54, 1.807) is 31.2 Å². The van der Waals surface area contributed by atoms with Gasteiger partial charge in [0.15, 0.2) is 11.5 Å². The number of hydrogen-bond donors (Lipinski definition) is 1. The molecule has 8 heteroatoms. The number of methoxy groups -OCH3 is 1. The van der Waals surface area contributed by atoms with Crippen LogP contribution >= 0.6 is 11.6 Å². The zero-order valence-electron chi connectivity index (χ0n) is 18.7. The molecule has 1 amide bonds. The van der Waals surface area contributed by atoms with Crippen LogP contribution < -0.4 is 14.8 Å². The van der Waals surface area contributed by atoms with Gasteiger partial charge >= 0.3 is 5.97 Å². The summed E-state index contributed by atoms with van der Waals surface area (Å²) in [5.41, 5.74) is 0.266. The first kappa shape index (κ1) is 24.6. The molecule has 2 aromatic carbocycles. The highest BCUT2D eigenvalue weighted by Gasteiger charge is 2.43. The van der Waals surface area contributed by atoms with E-state index in [1.165, 1.54) is 31.4 Å². The van der Waals surface area contributed by atoms with Crippen molar-refractivity contribution in [3.63, 3.8) is 0 Å². The van der Waals surface area contributed by atoms with Gasteiger partial charge in [-0.3, -0.25) is 4.79 Å². The Morgan fingerprint density at radius 1 is 1.15 bits per heavy atom. The lowest BCUT2D eigenvalue weighted by Crippen LogP contribution is -2.52. The fourth-order valence-corrected chi connectivity index (χ4v) is 3.97. The Balaban J connectivity index is 1.66. The molecule has 3 rings (SSSR count). The number of nitrogens with one attached hydrogen (secondary N) is 1. The predicted octanol–water partition coefficient (Wildman–Crippen LogP) is 5.07. The first-order chi connectivity index (χ1) is 15.9. The highest BCUT2D eigenvalue weighted by molar-refractivity contribution is 6.31. The molecular weight excluding hydrogens is 449 g/mol. The van der Waals surface area contributed by atoms with Gasteiger partial charge in [-0.15, -0.1) is 0 Å². The molecule has 0 radical (unpaired) electrons. The number of benzene rings is 2. The van der Waals surface area contributed by atoms with Crippen LogP contribution in [0.3, 0.4) is 0 Å². The number of halogens is 2. The fraction of sp³-hybridized carbons (Fsp3) is 0.360. The third-order valence-electron chi connectivity index (χ3n) is 5.49. The number of carbonyl (C=O) groups is 2. The van der Waals surface area contributed by atoms with Crippen LogP contribution in [0.15, 0.2) is 42.5 Å². The van der Waals surface area contributed by atoms with E-state index in [-0.39, 0.29) is 25.1 Å². The lowest BCUT2D eigenvalue weighted by atomic mass is 9.97. The Morgan fingerprint density at radius 3 is 2.61 bits per heavy atom. The second kappa shape index (κ2) is 11.2. The van der Waals surface area contributed by atoms with Gasteiger partial charge in [-0.25, -0.2) is 9.18 Å². The number of hydrogen-bond acceptors (Lipinski definition) is 5. The third kappa shape index (κ3) is 6.26. The van der Waals surface area contributed by atoms with Crippen LogP contribution in [-0.2, 0) is 20.9 Å². The topological polar surface area (TPSA) is 73.9 Å². The number of rotatable bonds is 9. The number of esters is 1. The molecule has 1 N–H and O–H groups in total. The molecule has 0 spiro atoms. The third-order valence-corrected chi connectivity index (χ3v) is 5.86. The van der Waals surface area contributed by atoms with Crippen LogP contribution in [0.2, 0.25) is 5.02 Å². The molecule has 1 saturated carbocycles. The molecule has 176 valence electrons. The highest BCUT2D eigenvalue weighted by Crippen LogP contribution is 2.32. The zero-order chi connectivity index (χ0) is 23.8. The first-order valence-corrected chi connectivity index (χ1v) is 11.2. The Hall–Kier alpha value is -3.06. The van der Waals surface area contributed by atoms with Crippen molar-refractivity contribution in [2.75, 3.05) is 13.7 Å². The van der Waals surface area contributed by atoms with E-state index in [4.69, 9.17) is 25.8 Å². The standard InChI is InChI=1S/C25H27ClFNO5/c1-3-32-24(30)25(12-4-5-13-25)28-23(29)11-7-17-6-10-21(22(14-17)31-2)33-16-18-15-19(27)8-9-20(18)26/h6-11,14-15H,3-5,12-13,16H2,1-2H3,(H,28,29). The van der Waals surface area contributed by atoms with Crippen molar-refractivity contribution in [3.8, 4) is 11.5 Å². The van der Waals surface area contributed by atoms with E-state index >= 15 is 0 Å². The van der Waals surface area contributed by atoms with Crippen LogP contribution in [0.1, 0.15) is 43.7 Å². The molecule has 2 aromatic rings. The smallest absolute Gasteiger partial charge is 0.331 e. The number of amides is 1. The molecule has 33 heavy (non-hydrogen) atoms. The van der Waals surface area contributed by atoms with E-state index in [0.29, 0.717) is 40.5 Å². The van der Waals surface area contributed by atoms with Gasteiger partial charge in [-0.2, -0.15) is 0 Å². The van der Waals surface area contributed by atoms with Gasteiger partial charge in [-0.1, -0.05) is 30.5 Å². The summed E-state index contributed by atoms with van der Waals surface area (Å²) in [6, 6.07) is 9.24. The summed E-state index contributed by atoms with van der Waals surface area (Å²) >= 11 is 6.09. The van der Waals surface area contributed by atoms with E-state index < -0.39 is 11.4 Å². The van der Waals surface area contributed by atoms with Gasteiger partial charge in [0, 0.05) is 16.7 Å². The van der Waals surface area contributed by atoms with E-state index in [1.807, 2.05) is 0 Å². The maximum absolute atomic E-state index is 13.5. The molecule has 0 aromatic heterocycles. The average molecular weight is 476 g/mol. The minimum absolute atomic E-state index is 0.0699. The molecule has 0 saturated heterocycles. The van der Waals surface area contributed by atoms with Crippen molar-refractivity contribution < 1.29 is 28.2 Å². The van der Waals surface area contributed by atoms with E-state index in [2.05, 4.69) is 5.32 Å². The van der Waals surface area contributed by atoms with Crippen molar-refractivity contribution >= 4 is 29.6 Å². The maximum atomic E-state index is 13.5. The Kier molecular flexibility index (Phi) is 8.33. The van der Waals surface area contributed by atoms with Gasteiger partial charge < -0.3 is 19.5 Å². The second-order valence-electron chi connectivity index (χ2n) is 7.77. The molecule has 6 nitrogen and oxygen atoms in total. The Morgan fingerprint density at radius 2 is 1.91 bits per heavy atom. The summed E-state index contributed by atoms with van der Waals surface area (Å²) in [7, 11) is 1.50. The summed E-state index contributed by atoms with van der Waals surface area (Å²) in [5.74, 6) is -0.252. The quantitative estimate of drug-likeness (QED) is 0.405. The molecule has 1 aliphatic rings. The average Bonchev–Trinajstić information content (AvgIpc) is 3.28. The fourth-order valence-electron chi connectivity index (χ4n) is 3.79. The highest BCUT2D eigenvalue weighted by atomic mass is 35.5. The summed E-state index contributed by atoms with van der Waals surface area (Å²) < 4.78 is 29.8. The summed E-state index contributed by atoms with van der Waals surface area (Å²) in [6.07, 6.45) is 5.87. The number of carbonyl (C=O) groups excluding carboxylic acids is 2. The molecule has 0 bridgehead atoms. The minimum atomic E-state index is -0.953. The SMILES string of the molecule is CCOC(=O)C1(NC(=O)C=Cc2ccc(OCc3cc(F)ccc3Cl)c(OC)c2)CCCC1. The van der Waals surface area contributed by atoms with Crippen molar-refractivity contribution in [2.24, 2.45) is 0 Å². The first-order valence-electron chi connectivity index (χ1n) is 10.8. The maximum Gasteiger partial charge on any atom is 0.331 e. The molecule has 1 fully saturated rings. The molecule has 0 atom stereocenters. The molecule has 1 aliphatic carbocycles. The van der Waals surface area contributed by atoms with Crippen LogP contribution in [0.4, 0.5) is 4.39 Å². The number of ether oxygens (including phenoxy) is 3. The second-order valence-corrected chi connectivity index (χ2v) is 8.17. The van der Waals surface area contributed by atoms with Gasteiger partial charge in [0.1, 0.15) is 18.0 Å². The van der Waals surface area contributed by atoms with Crippen molar-refractivity contribution in [1.29, 1.82) is 0 Å². The molecule has 0 unspecified atom stereocenters. The van der Waals surface area contributed by atoms with Crippen molar-refractivity contribution in [2.45, 2.75) is 44.8 Å². The summed E-state index contributed by atoms with van der Waals surface area (Å²) in [4.78, 5) is 24.9. The lowest BCUT2D eigenvalue weighted by Gasteiger charge is -2.27.